The van der Waals surface area contributed by atoms with Crippen molar-refractivity contribution in [2.75, 3.05) is 12.3 Å². The maximum atomic E-state index is 12.8. The second-order valence-electron chi connectivity index (χ2n) is 6.19. The summed E-state index contributed by atoms with van der Waals surface area (Å²) in [5.41, 5.74) is 1.06. The molecule has 1 saturated heterocycles. The molecular formula is C16H16N6O2S2. The molecule has 0 radical (unpaired) electrons. The number of aryl methyl sites for hydroxylation is 3. The van der Waals surface area contributed by atoms with Crippen molar-refractivity contribution < 1.29 is 4.79 Å². The van der Waals surface area contributed by atoms with E-state index in [0.717, 1.165) is 41.5 Å². The van der Waals surface area contributed by atoms with Crippen LogP contribution in [-0.4, -0.2) is 43.3 Å². The van der Waals surface area contributed by atoms with E-state index in [1.165, 1.54) is 26.2 Å². The van der Waals surface area contributed by atoms with Gasteiger partial charge in [0.2, 0.25) is 12.1 Å². The molecule has 134 valence electrons. The highest BCUT2D eigenvalue weighted by Crippen LogP contribution is 2.33. The molecule has 4 rings (SSSR count). The molecule has 2 aliphatic rings. The molecule has 8 nitrogen and oxygen atoms in total. The van der Waals surface area contributed by atoms with E-state index in [1.807, 2.05) is 0 Å². The van der Waals surface area contributed by atoms with Gasteiger partial charge < -0.3 is 0 Å². The third-order valence-corrected chi connectivity index (χ3v) is 6.74. The van der Waals surface area contributed by atoms with Gasteiger partial charge in [-0.2, -0.15) is 5.26 Å². The lowest BCUT2D eigenvalue weighted by Crippen LogP contribution is -2.32. The summed E-state index contributed by atoms with van der Waals surface area (Å²) in [5.74, 6) is 0.234. The fraction of sp³-hybridized carbons (Fsp3) is 0.500. The van der Waals surface area contributed by atoms with Gasteiger partial charge in [0.05, 0.1) is 11.1 Å². The number of hydrogen-bond acceptors (Lipinski definition) is 8. The quantitative estimate of drug-likeness (QED) is 0.736. The van der Waals surface area contributed by atoms with Crippen LogP contribution in [0.1, 0.15) is 29.7 Å². The average Bonchev–Trinajstić information content (AvgIpc) is 3.19. The van der Waals surface area contributed by atoms with Crippen LogP contribution in [0.4, 0.5) is 0 Å². The van der Waals surface area contributed by atoms with Crippen LogP contribution in [0.15, 0.2) is 9.79 Å². The molecule has 1 aliphatic heterocycles. The summed E-state index contributed by atoms with van der Waals surface area (Å²) in [6.07, 6.45) is 6.49. The van der Waals surface area contributed by atoms with Gasteiger partial charge in [-0.25, -0.2) is 4.68 Å². The number of amides is 1. The molecule has 10 heteroatoms. The zero-order chi connectivity index (χ0) is 18.1. The molecule has 3 heterocycles. The Labute approximate surface area is 157 Å². The molecule has 0 aromatic carbocycles. The van der Waals surface area contributed by atoms with Crippen molar-refractivity contribution in [3.05, 3.63) is 20.8 Å². The molecular weight excluding hydrogens is 372 g/mol. The Bertz CT molecular complexity index is 1000. The van der Waals surface area contributed by atoms with Gasteiger partial charge >= 0.3 is 0 Å². The van der Waals surface area contributed by atoms with E-state index in [9.17, 15) is 9.59 Å². The standard InChI is InChI=1S/C16H16N6O2S2/c17-9-18-16-21(12(23)8-25-16)6-3-7-22-15(24)13-10-4-1-2-5-11(10)26-14(13)19-20-22/h1-8H2/b18-16-. The fourth-order valence-electron chi connectivity index (χ4n) is 3.38. The smallest absolute Gasteiger partial charge is 0.278 e. The van der Waals surface area contributed by atoms with Crippen LogP contribution < -0.4 is 5.56 Å². The Balaban J connectivity index is 1.52. The molecule has 0 saturated carbocycles. The summed E-state index contributed by atoms with van der Waals surface area (Å²) in [6, 6.07) is 0. The molecule has 0 unspecified atom stereocenters. The first-order valence-corrected chi connectivity index (χ1v) is 10.3. The van der Waals surface area contributed by atoms with Gasteiger partial charge in [0.1, 0.15) is 0 Å². The first-order valence-electron chi connectivity index (χ1n) is 8.47. The lowest BCUT2D eigenvalue weighted by Gasteiger charge is -2.14. The third-order valence-electron chi connectivity index (χ3n) is 4.60. The molecule has 2 aromatic heterocycles. The summed E-state index contributed by atoms with van der Waals surface area (Å²) in [4.78, 5) is 31.9. The van der Waals surface area contributed by atoms with E-state index < -0.39 is 0 Å². The minimum absolute atomic E-state index is 0.0650. The minimum atomic E-state index is -0.0950. The zero-order valence-electron chi connectivity index (χ0n) is 14.0. The molecule has 2 aromatic rings. The first-order chi connectivity index (χ1) is 12.7. The molecule has 0 N–H and O–H groups in total. The number of thiophene rings is 1. The highest BCUT2D eigenvalue weighted by molar-refractivity contribution is 8.15. The van der Waals surface area contributed by atoms with Crippen LogP contribution >= 0.6 is 23.1 Å². The predicted octanol–water partition coefficient (Wildman–Crippen LogP) is 1.53. The normalized spacial score (nSPS) is 18.5. The van der Waals surface area contributed by atoms with Crippen molar-refractivity contribution in [3.63, 3.8) is 0 Å². The first kappa shape index (κ1) is 17.2. The number of thioether (sulfide) groups is 1. The zero-order valence-corrected chi connectivity index (χ0v) is 15.6. The number of fused-ring (bicyclic) bond motifs is 3. The van der Waals surface area contributed by atoms with Gasteiger partial charge in [0, 0.05) is 18.0 Å². The number of nitrogens with zero attached hydrogens (tertiary/aromatic N) is 6. The van der Waals surface area contributed by atoms with Crippen molar-refractivity contribution in [2.45, 2.75) is 38.6 Å². The topological polar surface area (TPSA) is 104 Å². The lowest BCUT2D eigenvalue weighted by molar-refractivity contribution is -0.124. The number of aliphatic imine (C=N–C) groups is 1. The summed E-state index contributed by atoms with van der Waals surface area (Å²) in [7, 11) is 0. The second kappa shape index (κ2) is 7.17. The summed E-state index contributed by atoms with van der Waals surface area (Å²) < 4.78 is 1.39. The van der Waals surface area contributed by atoms with Crippen LogP contribution in [0.3, 0.4) is 0 Å². The molecule has 1 amide bonds. The van der Waals surface area contributed by atoms with Crippen LogP contribution in [0.2, 0.25) is 0 Å². The molecule has 1 aliphatic carbocycles. The SMILES string of the molecule is N#C/N=C1\SCC(=O)N1CCCn1nnc2sc3c(c2c1=O)CCCC3. The summed E-state index contributed by atoms with van der Waals surface area (Å²) in [6.45, 7) is 0.779. The second-order valence-corrected chi connectivity index (χ2v) is 8.22. The van der Waals surface area contributed by atoms with E-state index in [4.69, 9.17) is 5.26 Å². The molecule has 0 bridgehead atoms. The van der Waals surface area contributed by atoms with E-state index in [0.29, 0.717) is 30.4 Å². The third kappa shape index (κ3) is 3.01. The lowest BCUT2D eigenvalue weighted by atomic mass is 9.97. The van der Waals surface area contributed by atoms with Crippen LogP contribution in [-0.2, 0) is 24.2 Å². The highest BCUT2D eigenvalue weighted by atomic mass is 32.2. The van der Waals surface area contributed by atoms with Crippen LogP contribution in [0.5, 0.6) is 0 Å². The summed E-state index contributed by atoms with van der Waals surface area (Å²) >= 11 is 2.84. The van der Waals surface area contributed by atoms with Crippen LogP contribution in [0, 0.1) is 11.5 Å². The number of nitriles is 1. The Morgan fingerprint density at radius 2 is 2.08 bits per heavy atom. The Morgan fingerprint density at radius 1 is 1.23 bits per heavy atom. The fourth-order valence-corrected chi connectivity index (χ4v) is 5.44. The van der Waals surface area contributed by atoms with Gasteiger partial charge in [-0.1, -0.05) is 17.0 Å². The Hall–Kier alpha value is -2.25. The van der Waals surface area contributed by atoms with Crippen molar-refractivity contribution in [1.82, 2.24) is 19.9 Å². The number of carbonyl (C=O) groups is 1. The molecule has 26 heavy (non-hydrogen) atoms. The number of rotatable bonds is 4. The maximum Gasteiger partial charge on any atom is 0.278 e. The Morgan fingerprint density at radius 3 is 2.92 bits per heavy atom. The maximum absolute atomic E-state index is 12.8. The van der Waals surface area contributed by atoms with E-state index in [2.05, 4.69) is 15.3 Å². The molecule has 0 spiro atoms. The van der Waals surface area contributed by atoms with E-state index in [1.54, 1.807) is 17.5 Å². The highest BCUT2D eigenvalue weighted by Gasteiger charge is 2.28. The minimum Gasteiger partial charge on any atom is -0.290 e. The van der Waals surface area contributed by atoms with Crippen LogP contribution in [0.25, 0.3) is 10.2 Å². The van der Waals surface area contributed by atoms with Gasteiger partial charge in [-0.3, -0.25) is 14.5 Å². The van der Waals surface area contributed by atoms with Crippen molar-refractivity contribution in [1.29, 1.82) is 5.26 Å². The van der Waals surface area contributed by atoms with Gasteiger partial charge in [-0.05, 0) is 37.7 Å². The molecule has 0 atom stereocenters. The summed E-state index contributed by atoms with van der Waals surface area (Å²) in [5, 5.41) is 18.1. The number of amidine groups is 1. The largest absolute Gasteiger partial charge is 0.290 e. The van der Waals surface area contributed by atoms with Gasteiger partial charge in [-0.15, -0.1) is 21.4 Å². The van der Waals surface area contributed by atoms with Crippen molar-refractivity contribution >= 4 is 44.4 Å². The number of hydrogen-bond donors (Lipinski definition) is 0. The van der Waals surface area contributed by atoms with Crippen molar-refractivity contribution in [3.8, 4) is 6.19 Å². The predicted molar refractivity (Wildman–Crippen MR) is 100 cm³/mol. The van der Waals surface area contributed by atoms with Crippen molar-refractivity contribution in [2.24, 2.45) is 4.99 Å². The van der Waals surface area contributed by atoms with E-state index in [-0.39, 0.29) is 11.5 Å². The van der Waals surface area contributed by atoms with Gasteiger partial charge in [0.15, 0.2) is 10.00 Å². The molecule has 1 fully saturated rings. The van der Waals surface area contributed by atoms with E-state index >= 15 is 0 Å². The Kier molecular flexibility index (Phi) is 4.74. The average molecular weight is 388 g/mol. The number of carbonyl (C=O) groups excluding carboxylic acids is 1. The monoisotopic (exact) mass is 388 g/mol. The number of aromatic nitrogens is 3. The van der Waals surface area contributed by atoms with Gasteiger partial charge in [0.25, 0.3) is 5.56 Å².